The van der Waals surface area contributed by atoms with Gasteiger partial charge in [0.05, 0.1) is 12.1 Å². The Labute approximate surface area is 179 Å². The minimum absolute atomic E-state index is 0.393. The lowest BCUT2D eigenvalue weighted by Crippen LogP contribution is -2.42. The number of hydrogen-bond acceptors (Lipinski definition) is 3. The molecular formula is C22H35N2O5P. The summed E-state index contributed by atoms with van der Waals surface area (Å²) in [6.07, 6.45) is 3.23. The maximum atomic E-state index is 12.4. The Morgan fingerprint density at radius 1 is 1.07 bits per heavy atom. The van der Waals surface area contributed by atoms with E-state index in [1.165, 1.54) is 6.92 Å². The molecule has 168 valence electrons. The van der Waals surface area contributed by atoms with E-state index in [0.29, 0.717) is 6.54 Å². The largest absolute Gasteiger partial charge is 0.469 e. The molecule has 0 saturated heterocycles. The lowest BCUT2D eigenvalue weighted by atomic mass is 9.96. The number of urea groups is 1. The highest BCUT2D eigenvalue weighted by atomic mass is 31.2. The second kappa shape index (κ2) is 13.4. The molecule has 4 N–H and O–H groups in total. The van der Waals surface area contributed by atoms with Gasteiger partial charge >= 0.3 is 13.9 Å². The lowest BCUT2D eigenvalue weighted by Gasteiger charge is -2.27. The fraction of sp³-hybridized carbons (Fsp3) is 0.500. The molecule has 0 spiro atoms. The van der Waals surface area contributed by atoms with Gasteiger partial charge in [-0.3, -0.25) is 4.52 Å². The molecule has 7 nitrogen and oxygen atoms in total. The zero-order valence-corrected chi connectivity index (χ0v) is 19.2. The number of phosphoric acid groups is 1. The first kappa shape index (κ1) is 26.1. The van der Waals surface area contributed by atoms with Crippen LogP contribution in [0.1, 0.15) is 65.0 Å². The van der Waals surface area contributed by atoms with Crippen molar-refractivity contribution < 1.29 is 23.7 Å². The van der Waals surface area contributed by atoms with Crippen molar-refractivity contribution in [3.63, 3.8) is 0 Å². The first-order valence-corrected chi connectivity index (χ1v) is 12.1. The molecule has 0 fully saturated rings. The molecule has 2 amide bonds. The number of unbranched alkanes of at least 4 members (excludes halogenated alkanes) is 3. The molecule has 2 atom stereocenters. The molecule has 2 unspecified atom stereocenters. The molecule has 0 radical (unpaired) electrons. The van der Waals surface area contributed by atoms with Gasteiger partial charge in [-0.1, -0.05) is 82.5 Å². The normalized spacial score (nSPS) is 13.1. The van der Waals surface area contributed by atoms with Crippen LogP contribution < -0.4 is 10.6 Å². The van der Waals surface area contributed by atoms with Gasteiger partial charge in [-0.25, -0.2) is 9.36 Å². The average molecular weight is 439 g/mol. The Morgan fingerprint density at radius 2 is 1.73 bits per heavy atom. The molecule has 0 saturated carbocycles. The average Bonchev–Trinajstić information content (AvgIpc) is 2.72. The van der Waals surface area contributed by atoms with E-state index < -0.39 is 26.0 Å². The van der Waals surface area contributed by atoms with E-state index in [9.17, 15) is 19.1 Å². The summed E-state index contributed by atoms with van der Waals surface area (Å²) in [5.74, 6) is 0. The number of benzene rings is 2. The highest BCUT2D eigenvalue weighted by Gasteiger charge is 2.29. The first-order valence-electron chi connectivity index (χ1n) is 10.6. The Hall–Kier alpha value is -1.92. The predicted octanol–water partition coefficient (Wildman–Crippen LogP) is 5.28. The maximum absolute atomic E-state index is 12.4. The summed E-state index contributed by atoms with van der Waals surface area (Å²) in [4.78, 5) is 30.8. The Balaban J connectivity index is 0.00000218. The van der Waals surface area contributed by atoms with Crippen molar-refractivity contribution in [2.45, 2.75) is 65.5 Å². The maximum Gasteiger partial charge on any atom is 0.469 e. The topological polar surface area (TPSA) is 108 Å². The van der Waals surface area contributed by atoms with Crippen molar-refractivity contribution in [2.75, 3.05) is 6.54 Å². The molecule has 2 aromatic rings. The lowest BCUT2D eigenvalue weighted by molar-refractivity contribution is 0.116. The fourth-order valence-electron chi connectivity index (χ4n) is 3.19. The van der Waals surface area contributed by atoms with Crippen LogP contribution in [0.25, 0.3) is 10.8 Å². The quantitative estimate of drug-likeness (QED) is 0.298. The van der Waals surface area contributed by atoms with Gasteiger partial charge in [-0.05, 0) is 29.7 Å². The molecule has 30 heavy (non-hydrogen) atoms. The Kier molecular flexibility index (Phi) is 11.7. The molecule has 0 aliphatic carbocycles. The highest BCUT2D eigenvalue weighted by Crippen LogP contribution is 2.41. The summed E-state index contributed by atoms with van der Waals surface area (Å²) in [7, 11) is -4.71. The summed E-state index contributed by atoms with van der Waals surface area (Å²) in [5.41, 5.74) is 0.736. The van der Waals surface area contributed by atoms with E-state index in [1.54, 1.807) is 0 Å². The fourth-order valence-corrected chi connectivity index (χ4v) is 3.75. The number of carbonyl (C=O) groups is 1. The van der Waals surface area contributed by atoms with Gasteiger partial charge in [0.1, 0.15) is 0 Å². The van der Waals surface area contributed by atoms with Crippen LogP contribution in [0, 0.1) is 0 Å². The van der Waals surface area contributed by atoms with Crippen LogP contribution in [-0.2, 0) is 9.09 Å². The zero-order valence-electron chi connectivity index (χ0n) is 18.3. The van der Waals surface area contributed by atoms with Gasteiger partial charge in [-0.15, -0.1) is 0 Å². The van der Waals surface area contributed by atoms with E-state index in [-0.39, 0.29) is 0 Å². The molecule has 0 aliphatic rings. The molecular weight excluding hydrogens is 403 g/mol. The van der Waals surface area contributed by atoms with Crippen LogP contribution in [0.3, 0.4) is 0 Å². The van der Waals surface area contributed by atoms with Crippen molar-refractivity contribution in [1.29, 1.82) is 0 Å². The summed E-state index contributed by atoms with van der Waals surface area (Å²) in [6, 6.07) is 12.1. The molecule has 0 heterocycles. The van der Waals surface area contributed by atoms with Crippen molar-refractivity contribution in [3.8, 4) is 0 Å². The minimum atomic E-state index is -4.71. The van der Waals surface area contributed by atoms with Crippen LogP contribution in [0.2, 0.25) is 0 Å². The highest BCUT2D eigenvalue weighted by molar-refractivity contribution is 7.46. The third kappa shape index (κ3) is 8.84. The van der Waals surface area contributed by atoms with E-state index in [0.717, 1.165) is 42.0 Å². The van der Waals surface area contributed by atoms with Crippen LogP contribution >= 0.6 is 7.82 Å². The summed E-state index contributed by atoms with van der Waals surface area (Å²) >= 11 is 0. The number of nitrogens with one attached hydrogen (secondary N) is 2. The summed E-state index contributed by atoms with van der Waals surface area (Å²) < 4.78 is 16.2. The molecule has 0 aromatic heterocycles. The van der Waals surface area contributed by atoms with Crippen LogP contribution in [0.5, 0.6) is 0 Å². The molecule has 8 heteroatoms. The molecule has 2 rings (SSSR count). The number of hydrogen-bond donors (Lipinski definition) is 4. The standard InChI is InChI=1S/C20H29N2O5P.C2H6/c1-3-4-5-8-14-21-20(23)22-19(15(2)27-28(24,25)26)18-13-9-11-16-10-6-7-12-17(16)18;1-2/h6-7,9-13,15,19H,3-5,8,14H2,1-2H3,(H2,21,22,23)(H2,24,25,26);1-2H3. The second-order valence-electron chi connectivity index (χ2n) is 6.81. The van der Waals surface area contributed by atoms with Gasteiger partial charge in [0.25, 0.3) is 0 Å². The second-order valence-corrected chi connectivity index (χ2v) is 8.00. The Bertz CT molecular complexity index is 819. The number of carbonyl (C=O) groups excluding carboxylic acids is 1. The van der Waals surface area contributed by atoms with Crippen molar-refractivity contribution in [1.82, 2.24) is 10.6 Å². The van der Waals surface area contributed by atoms with Gasteiger partial charge in [0.15, 0.2) is 0 Å². The molecule has 2 aromatic carbocycles. The first-order chi connectivity index (χ1) is 14.3. The monoisotopic (exact) mass is 438 g/mol. The number of rotatable bonds is 10. The van der Waals surface area contributed by atoms with Crippen molar-refractivity contribution in [3.05, 3.63) is 48.0 Å². The van der Waals surface area contributed by atoms with E-state index in [4.69, 9.17) is 4.52 Å². The zero-order chi connectivity index (χ0) is 22.6. The van der Waals surface area contributed by atoms with Gasteiger partial charge in [0, 0.05) is 6.54 Å². The Morgan fingerprint density at radius 3 is 2.40 bits per heavy atom. The van der Waals surface area contributed by atoms with Crippen LogP contribution in [0.4, 0.5) is 4.79 Å². The SMILES string of the molecule is CC.CCCCCCNC(=O)NC(c1cccc2ccccc12)C(C)OP(=O)(O)O. The van der Waals surface area contributed by atoms with Crippen molar-refractivity contribution >= 4 is 24.6 Å². The van der Waals surface area contributed by atoms with Gasteiger partial charge in [-0.2, -0.15) is 0 Å². The van der Waals surface area contributed by atoms with Crippen molar-refractivity contribution in [2.24, 2.45) is 0 Å². The van der Waals surface area contributed by atoms with E-state index in [2.05, 4.69) is 17.6 Å². The smallest absolute Gasteiger partial charge is 0.338 e. The molecule has 0 aliphatic heterocycles. The number of phosphoric ester groups is 1. The molecule has 0 bridgehead atoms. The summed E-state index contributed by atoms with van der Waals surface area (Å²) in [6.45, 7) is 8.20. The van der Waals surface area contributed by atoms with Crippen LogP contribution in [-0.4, -0.2) is 28.5 Å². The minimum Gasteiger partial charge on any atom is -0.338 e. The third-order valence-corrected chi connectivity index (χ3v) is 5.14. The number of fused-ring (bicyclic) bond motifs is 1. The van der Waals surface area contributed by atoms with Gasteiger partial charge in [0.2, 0.25) is 0 Å². The number of amides is 2. The third-order valence-electron chi connectivity index (χ3n) is 4.53. The van der Waals surface area contributed by atoms with E-state index in [1.807, 2.05) is 56.3 Å². The van der Waals surface area contributed by atoms with Crippen LogP contribution in [0.15, 0.2) is 42.5 Å². The summed E-state index contributed by atoms with van der Waals surface area (Å²) in [5, 5.41) is 7.48. The van der Waals surface area contributed by atoms with Gasteiger partial charge < -0.3 is 20.4 Å². The van der Waals surface area contributed by atoms with E-state index >= 15 is 0 Å². The predicted molar refractivity (Wildman–Crippen MR) is 121 cm³/mol.